The number of para-hydroxylation sites is 1. The number of aryl methyl sites for hydroxylation is 2. The zero-order valence-electron chi connectivity index (χ0n) is 54.2. The molecule has 0 bridgehead atoms. The molecule has 0 spiro atoms. The van der Waals surface area contributed by atoms with Gasteiger partial charge in [-0.2, -0.15) is 0 Å². The van der Waals surface area contributed by atoms with Crippen LogP contribution in [-0.2, 0) is 94.8 Å². The Labute approximate surface area is 628 Å². The fourth-order valence-electron chi connectivity index (χ4n) is 9.78. The van der Waals surface area contributed by atoms with E-state index in [0.717, 1.165) is 56.1 Å². The van der Waals surface area contributed by atoms with Crippen molar-refractivity contribution in [3.05, 3.63) is 302 Å². The van der Waals surface area contributed by atoms with E-state index in [-0.39, 0.29) is 115 Å². The summed E-state index contributed by atoms with van der Waals surface area (Å²) < 4.78 is 5.11. The third-order valence-corrected chi connectivity index (χ3v) is 15.8. The van der Waals surface area contributed by atoms with Crippen molar-refractivity contribution in [3.8, 4) is 45.0 Å². The Morgan fingerprint density at radius 1 is 0.392 bits per heavy atom. The summed E-state index contributed by atoms with van der Waals surface area (Å²) in [6.45, 7) is 12.8. The quantitative estimate of drug-likeness (QED) is 0.0795. The number of carbonyl (C=O) groups is 3. The van der Waals surface area contributed by atoms with Crippen LogP contribution in [0, 0.1) is 38.1 Å². The molecule has 0 aliphatic heterocycles. The average Bonchev–Trinajstić information content (AvgIpc) is 1.65. The van der Waals surface area contributed by atoms with Crippen molar-refractivity contribution in [1.29, 1.82) is 0 Å². The monoisotopic (exact) mass is 2030 g/mol. The second-order valence-electron chi connectivity index (χ2n) is 21.3. The van der Waals surface area contributed by atoms with E-state index in [1.54, 1.807) is 11.3 Å². The molecule has 3 N–H and O–H groups in total. The normalized spacial score (nSPS) is 10.6. The van der Waals surface area contributed by atoms with Crippen LogP contribution in [0.1, 0.15) is 52.7 Å². The number of nitrogens with zero attached hydrogens (tertiary/aromatic N) is 4. The number of aliphatic hydroxyl groups is 3. The van der Waals surface area contributed by atoms with Gasteiger partial charge in [0, 0.05) is 147 Å². The van der Waals surface area contributed by atoms with Crippen molar-refractivity contribution in [2.24, 2.45) is 0 Å². The summed E-state index contributed by atoms with van der Waals surface area (Å²) in [4.78, 5) is 48.3. The van der Waals surface area contributed by atoms with Crippen molar-refractivity contribution in [1.82, 2.24) is 19.9 Å². The Bertz CT molecular complexity index is 4860. The summed E-state index contributed by atoms with van der Waals surface area (Å²) in [6, 6.07) is 85.1. The van der Waals surface area contributed by atoms with Crippen LogP contribution in [0.25, 0.3) is 107 Å². The van der Waals surface area contributed by atoms with Gasteiger partial charge >= 0.3 is 0 Å². The summed E-state index contributed by atoms with van der Waals surface area (Å²) in [5.41, 5.74) is 11.7. The minimum Gasteiger partial charge on any atom is -0.512 e. The van der Waals surface area contributed by atoms with Crippen LogP contribution in [-0.4, -0.2) is 52.6 Å². The van der Waals surface area contributed by atoms with E-state index in [1.165, 1.54) is 122 Å². The molecule has 97 heavy (non-hydrogen) atoms. The molecule has 6 heterocycles. The van der Waals surface area contributed by atoms with Gasteiger partial charge in [-0.25, -0.2) is 0 Å². The number of aliphatic hydroxyl groups excluding tert-OH is 3. The minimum absolute atomic E-state index is 0. The first-order chi connectivity index (χ1) is 44.9. The third kappa shape index (κ3) is 24.2. The largest absolute Gasteiger partial charge is 0.512 e. The number of rotatable bonds is 7. The molecule has 0 saturated carbocycles. The Balaban J connectivity index is 0.000000248. The number of carbonyl (C=O) groups excluding carboxylic acids is 3. The van der Waals surface area contributed by atoms with Gasteiger partial charge in [0.15, 0.2) is 17.3 Å². The number of hydrogen-bond acceptors (Lipinski definition) is 12. The molecule has 0 unspecified atom stereocenters. The predicted molar refractivity (Wildman–Crippen MR) is 386 cm³/mol. The summed E-state index contributed by atoms with van der Waals surface area (Å²) in [5, 5.41) is 33.8. The van der Waals surface area contributed by atoms with Gasteiger partial charge in [0.25, 0.3) is 0 Å². The molecule has 0 fully saturated rings. The van der Waals surface area contributed by atoms with Crippen molar-refractivity contribution >= 4 is 102 Å². The molecule has 0 amide bonds. The van der Waals surface area contributed by atoms with Crippen LogP contribution in [0.4, 0.5) is 0 Å². The molecule has 0 saturated heterocycles. The SMILES string of the molecule is CC(=O)C=C(C)O.CC(=O)C=C(C)O.CC(=O)C=C(C)O.Cc1[c-]c(-c2nccc3c2sc2ccccc23)cc(C)c1.[Ir].[Ir].[Ir].[Ir].[c-]1ccccc1-c1ccc2ccccc2n1.[c-]1ccccc1-c1nccc2c1sc1ccccc12.[c-]1ccccc1-c1nccc2ccccc12. The number of pyridine rings is 4. The van der Waals surface area contributed by atoms with Crippen LogP contribution in [0.5, 0.6) is 0 Å². The molecule has 14 aromatic rings. The first-order valence-corrected chi connectivity index (χ1v) is 31.3. The maximum atomic E-state index is 10.0. The van der Waals surface area contributed by atoms with E-state index < -0.39 is 0 Å². The standard InChI is InChI=1S/C19H14NS.C17H10NS.2C15H10N.3C5H8O2.4Ir/c1-12-9-13(2)11-14(10-12)18-19-16(7-8-20-18)15-5-3-4-6-17(15)21-19;1-2-6-12(7-3-1)16-17-14(10-11-18-16)13-8-4-5-9-15(13)19-17;1-2-7-13(8-3-1)15-14-9-5-4-6-12(14)10-11-16-15;1-2-6-12(7-3-1)15-11-10-13-8-4-5-9-14(13)16-15;3*1-4(6)3-5(2)7;;;;/h3-10H,1-2H3;1-6,8-11H;1-7,9-11H;1-6,8-11H;3*3,6H,1-2H3;;;;/q4*-1;;;;;;;. The first kappa shape index (κ1) is 81.0. The van der Waals surface area contributed by atoms with Crippen molar-refractivity contribution in [2.75, 3.05) is 0 Å². The van der Waals surface area contributed by atoms with Crippen LogP contribution in [0.2, 0.25) is 0 Å². The van der Waals surface area contributed by atoms with E-state index in [0.29, 0.717) is 0 Å². The van der Waals surface area contributed by atoms with Crippen LogP contribution in [0.15, 0.2) is 266 Å². The minimum atomic E-state index is -0.125. The van der Waals surface area contributed by atoms with Crippen LogP contribution in [0.3, 0.4) is 0 Å². The number of hydrogen-bond donors (Lipinski definition) is 3. The second kappa shape index (κ2) is 40.9. The fraction of sp³-hybridized carbons (Fsp3) is 0.0988. The Kier molecular flexibility index (Phi) is 34.2. The van der Waals surface area contributed by atoms with Crippen molar-refractivity contribution in [2.45, 2.75) is 55.4 Å². The zero-order valence-corrected chi connectivity index (χ0v) is 65.4. The van der Waals surface area contributed by atoms with E-state index in [9.17, 15) is 14.4 Å². The van der Waals surface area contributed by atoms with Crippen molar-refractivity contribution < 1.29 is 110 Å². The molecule has 500 valence electrons. The second-order valence-corrected chi connectivity index (χ2v) is 23.4. The predicted octanol–water partition coefficient (Wildman–Crippen LogP) is 21.0. The Morgan fingerprint density at radius 3 is 1.25 bits per heavy atom. The molecule has 8 aromatic carbocycles. The smallest absolute Gasteiger partial charge is 0.155 e. The first-order valence-electron chi connectivity index (χ1n) is 29.7. The maximum Gasteiger partial charge on any atom is 0.155 e. The molecule has 0 aliphatic rings. The molecule has 16 heteroatoms. The molecule has 10 nitrogen and oxygen atoms in total. The molecular formula is C81H68Ir4N4O6S2-4. The number of fused-ring (bicyclic) bond motifs is 8. The van der Waals surface area contributed by atoms with Gasteiger partial charge in [-0.3, -0.25) is 19.4 Å². The van der Waals surface area contributed by atoms with E-state index >= 15 is 0 Å². The average molecular weight is 2030 g/mol. The van der Waals surface area contributed by atoms with Crippen LogP contribution >= 0.6 is 22.7 Å². The van der Waals surface area contributed by atoms with E-state index in [1.807, 2.05) is 139 Å². The number of allylic oxidation sites excluding steroid dienone is 6. The van der Waals surface area contributed by atoms with Gasteiger partial charge in [0.05, 0.1) is 22.8 Å². The maximum absolute atomic E-state index is 10.0. The van der Waals surface area contributed by atoms with Crippen molar-refractivity contribution in [3.63, 3.8) is 0 Å². The molecule has 6 aromatic heterocycles. The van der Waals surface area contributed by atoms with Gasteiger partial charge in [-0.15, -0.1) is 165 Å². The summed E-state index contributed by atoms with van der Waals surface area (Å²) in [5.74, 6) is -0.187. The Morgan fingerprint density at radius 2 is 0.794 bits per heavy atom. The van der Waals surface area contributed by atoms with Crippen LogP contribution < -0.4 is 0 Å². The molecule has 4 radical (unpaired) electrons. The van der Waals surface area contributed by atoms with Gasteiger partial charge in [-0.05, 0) is 127 Å². The van der Waals surface area contributed by atoms with E-state index in [2.05, 4.69) is 161 Å². The van der Waals surface area contributed by atoms with E-state index in [4.69, 9.17) is 15.3 Å². The number of thiophene rings is 2. The number of benzene rings is 8. The summed E-state index contributed by atoms with van der Waals surface area (Å²) in [6.07, 6.45) is 9.14. The number of aromatic nitrogens is 4. The molecule has 0 atom stereocenters. The molecule has 14 rings (SSSR count). The van der Waals surface area contributed by atoms with Gasteiger partial charge < -0.3 is 30.3 Å². The molecular weight excluding hydrogens is 1960 g/mol. The van der Waals surface area contributed by atoms with Gasteiger partial charge in [0.2, 0.25) is 0 Å². The fourth-order valence-corrected chi connectivity index (χ4v) is 12.2. The molecule has 0 aliphatic carbocycles. The Hall–Kier alpha value is -8.45. The number of ketones is 3. The van der Waals surface area contributed by atoms with Gasteiger partial charge in [0.1, 0.15) is 0 Å². The third-order valence-electron chi connectivity index (χ3n) is 13.4. The topological polar surface area (TPSA) is 163 Å². The summed E-state index contributed by atoms with van der Waals surface area (Å²) in [7, 11) is 0. The summed E-state index contributed by atoms with van der Waals surface area (Å²) >= 11 is 3.61. The zero-order chi connectivity index (χ0) is 66.2. The van der Waals surface area contributed by atoms with Gasteiger partial charge in [-0.1, -0.05) is 105 Å².